The van der Waals surface area contributed by atoms with Gasteiger partial charge in [0.05, 0.1) is 23.0 Å². The van der Waals surface area contributed by atoms with Gasteiger partial charge in [0, 0.05) is 5.56 Å². The van der Waals surface area contributed by atoms with Crippen molar-refractivity contribution in [2.75, 3.05) is 7.11 Å². The lowest BCUT2D eigenvalue weighted by Gasteiger charge is -2.06. The van der Waals surface area contributed by atoms with Crippen LogP contribution in [0.15, 0.2) is 42.5 Å². The number of hydrogen-bond acceptors (Lipinski definition) is 3. The fourth-order valence-corrected chi connectivity index (χ4v) is 2.55. The maximum atomic E-state index is 6.22. The van der Waals surface area contributed by atoms with Gasteiger partial charge in [-0.3, -0.25) is 0 Å². The third-order valence-electron chi connectivity index (χ3n) is 2.98. The average Bonchev–Trinajstić information content (AvgIpc) is 2.47. The number of aromatic nitrogens is 2. The first kappa shape index (κ1) is 13.2. The van der Waals surface area contributed by atoms with Gasteiger partial charge in [0.25, 0.3) is 0 Å². The molecule has 20 heavy (non-hydrogen) atoms. The van der Waals surface area contributed by atoms with Crippen LogP contribution >= 0.6 is 23.2 Å². The maximum Gasteiger partial charge on any atom is 0.161 e. The van der Waals surface area contributed by atoms with Crippen molar-refractivity contribution in [3.05, 3.63) is 52.6 Å². The number of fused-ring (bicyclic) bond motifs is 1. The van der Waals surface area contributed by atoms with Crippen molar-refractivity contribution in [2.24, 2.45) is 0 Å². The molecular weight excluding hydrogens is 295 g/mol. The van der Waals surface area contributed by atoms with E-state index in [1.807, 2.05) is 36.4 Å². The van der Waals surface area contributed by atoms with Gasteiger partial charge >= 0.3 is 0 Å². The van der Waals surface area contributed by atoms with Gasteiger partial charge in [0.2, 0.25) is 0 Å². The molecule has 100 valence electrons. The third-order valence-corrected chi connectivity index (χ3v) is 3.57. The molecule has 3 nitrogen and oxygen atoms in total. The number of halogens is 2. The zero-order valence-electron chi connectivity index (χ0n) is 10.6. The summed E-state index contributed by atoms with van der Waals surface area (Å²) in [5.41, 5.74) is 1.60. The van der Waals surface area contributed by atoms with Crippen LogP contribution in [0.3, 0.4) is 0 Å². The molecule has 2 aromatic carbocycles. The topological polar surface area (TPSA) is 35.0 Å². The van der Waals surface area contributed by atoms with Crippen LogP contribution in [0.4, 0.5) is 0 Å². The molecule has 0 bridgehead atoms. The maximum absolute atomic E-state index is 6.22. The van der Waals surface area contributed by atoms with Gasteiger partial charge in [0.15, 0.2) is 5.82 Å². The number of rotatable bonds is 2. The van der Waals surface area contributed by atoms with Crippen molar-refractivity contribution in [3.63, 3.8) is 0 Å². The molecule has 0 aliphatic rings. The Morgan fingerprint density at radius 2 is 1.70 bits per heavy atom. The molecule has 0 spiro atoms. The molecule has 0 N–H and O–H groups in total. The highest BCUT2D eigenvalue weighted by atomic mass is 35.5. The van der Waals surface area contributed by atoms with Crippen LogP contribution in [0, 0.1) is 0 Å². The molecule has 3 aromatic rings. The Morgan fingerprint density at radius 1 is 0.950 bits per heavy atom. The number of nitrogens with zero attached hydrogens (tertiary/aromatic N) is 2. The molecule has 1 heterocycles. The zero-order chi connectivity index (χ0) is 14.1. The Morgan fingerprint density at radius 3 is 2.40 bits per heavy atom. The van der Waals surface area contributed by atoms with Crippen molar-refractivity contribution in [1.82, 2.24) is 9.97 Å². The predicted molar refractivity (Wildman–Crippen MR) is 81.5 cm³/mol. The van der Waals surface area contributed by atoms with Crippen LogP contribution in [0.2, 0.25) is 10.2 Å². The fraction of sp³-hybridized carbons (Fsp3) is 0.0667. The summed E-state index contributed by atoms with van der Waals surface area (Å²) in [6.45, 7) is 0. The molecule has 0 fully saturated rings. The fourth-order valence-electron chi connectivity index (χ4n) is 1.97. The molecule has 5 heteroatoms. The van der Waals surface area contributed by atoms with Crippen LogP contribution < -0.4 is 4.74 Å². The van der Waals surface area contributed by atoms with Crippen molar-refractivity contribution < 1.29 is 4.74 Å². The molecule has 0 aliphatic heterocycles. The van der Waals surface area contributed by atoms with Crippen LogP contribution in [0.1, 0.15) is 0 Å². The van der Waals surface area contributed by atoms with E-state index in [2.05, 4.69) is 9.97 Å². The van der Waals surface area contributed by atoms with Gasteiger partial charge in [-0.05, 0) is 36.4 Å². The van der Waals surface area contributed by atoms with Crippen molar-refractivity contribution >= 4 is 34.1 Å². The average molecular weight is 305 g/mol. The highest BCUT2D eigenvalue weighted by molar-refractivity contribution is 6.41. The first-order valence-corrected chi connectivity index (χ1v) is 6.71. The van der Waals surface area contributed by atoms with E-state index in [1.165, 1.54) is 0 Å². The predicted octanol–water partition coefficient (Wildman–Crippen LogP) is 4.61. The van der Waals surface area contributed by atoms with E-state index in [1.54, 1.807) is 13.2 Å². The second-order valence-electron chi connectivity index (χ2n) is 4.20. The summed E-state index contributed by atoms with van der Waals surface area (Å²) in [5, 5.41) is 1.58. The van der Waals surface area contributed by atoms with E-state index in [-0.39, 0.29) is 0 Å². The molecule has 0 amide bonds. The highest BCUT2D eigenvalue weighted by Crippen LogP contribution is 2.30. The Hall–Kier alpha value is -1.84. The monoisotopic (exact) mass is 304 g/mol. The quantitative estimate of drug-likeness (QED) is 0.648. The van der Waals surface area contributed by atoms with Gasteiger partial charge in [-0.15, -0.1) is 0 Å². The van der Waals surface area contributed by atoms with Gasteiger partial charge in [0.1, 0.15) is 10.9 Å². The normalized spacial score (nSPS) is 10.8. The summed E-state index contributed by atoms with van der Waals surface area (Å²) in [4.78, 5) is 8.82. The first-order valence-electron chi connectivity index (χ1n) is 5.95. The molecule has 0 atom stereocenters. The number of benzene rings is 2. The van der Waals surface area contributed by atoms with E-state index < -0.39 is 0 Å². The highest BCUT2D eigenvalue weighted by Gasteiger charge is 2.10. The van der Waals surface area contributed by atoms with Crippen molar-refractivity contribution in [3.8, 4) is 17.1 Å². The molecule has 1 aromatic heterocycles. The molecule has 0 radical (unpaired) electrons. The lowest BCUT2D eigenvalue weighted by atomic mass is 10.2. The Labute approximate surface area is 126 Å². The van der Waals surface area contributed by atoms with E-state index in [4.69, 9.17) is 27.9 Å². The second-order valence-corrected chi connectivity index (χ2v) is 4.97. The smallest absolute Gasteiger partial charge is 0.161 e. The van der Waals surface area contributed by atoms with Crippen LogP contribution in [0.5, 0.6) is 5.75 Å². The summed E-state index contributed by atoms with van der Waals surface area (Å²) < 4.78 is 5.13. The van der Waals surface area contributed by atoms with Crippen LogP contribution in [-0.4, -0.2) is 17.1 Å². The minimum atomic E-state index is 0.353. The lowest BCUT2D eigenvalue weighted by molar-refractivity contribution is 0.415. The standard InChI is InChI=1S/C15H10Cl2N2O/c1-20-10-7-5-9(6-8-10)15-18-12-4-2-3-11(16)13(12)14(17)19-15/h2-8H,1H3. The largest absolute Gasteiger partial charge is 0.497 e. The summed E-state index contributed by atoms with van der Waals surface area (Å²) in [7, 11) is 1.63. The molecular formula is C15H10Cl2N2O. The van der Waals surface area contributed by atoms with Crippen molar-refractivity contribution in [2.45, 2.75) is 0 Å². The SMILES string of the molecule is COc1ccc(-c2nc(Cl)c3c(Cl)cccc3n2)cc1. The summed E-state index contributed by atoms with van der Waals surface area (Å²) in [6.07, 6.45) is 0. The second kappa shape index (κ2) is 5.27. The van der Waals surface area contributed by atoms with Gasteiger partial charge in [-0.25, -0.2) is 9.97 Å². The van der Waals surface area contributed by atoms with Crippen LogP contribution in [-0.2, 0) is 0 Å². The van der Waals surface area contributed by atoms with Crippen molar-refractivity contribution in [1.29, 1.82) is 0 Å². The number of hydrogen-bond donors (Lipinski definition) is 0. The Balaban J connectivity index is 2.17. The van der Waals surface area contributed by atoms with Gasteiger partial charge in [-0.2, -0.15) is 0 Å². The minimum Gasteiger partial charge on any atom is -0.497 e. The lowest BCUT2D eigenvalue weighted by Crippen LogP contribution is -1.92. The minimum absolute atomic E-state index is 0.353. The zero-order valence-corrected chi connectivity index (χ0v) is 12.1. The first-order chi connectivity index (χ1) is 9.69. The Bertz CT molecular complexity index is 773. The van der Waals surface area contributed by atoms with Crippen LogP contribution in [0.25, 0.3) is 22.3 Å². The molecule has 3 rings (SSSR count). The van der Waals surface area contributed by atoms with Gasteiger partial charge in [-0.1, -0.05) is 29.3 Å². The summed E-state index contributed by atoms with van der Waals surface area (Å²) >= 11 is 12.3. The van der Waals surface area contributed by atoms with E-state index in [0.29, 0.717) is 21.4 Å². The summed E-state index contributed by atoms with van der Waals surface area (Å²) in [6, 6.07) is 13.0. The summed E-state index contributed by atoms with van der Waals surface area (Å²) in [5.74, 6) is 1.34. The molecule has 0 saturated carbocycles. The third kappa shape index (κ3) is 2.30. The van der Waals surface area contributed by atoms with Gasteiger partial charge < -0.3 is 4.74 Å². The molecule has 0 saturated heterocycles. The van der Waals surface area contributed by atoms with E-state index in [0.717, 1.165) is 16.8 Å². The van der Waals surface area contributed by atoms with E-state index >= 15 is 0 Å². The van der Waals surface area contributed by atoms with E-state index in [9.17, 15) is 0 Å². The number of ether oxygens (including phenoxy) is 1. The molecule has 0 aliphatic carbocycles. The molecule has 0 unspecified atom stereocenters. The Kier molecular flexibility index (Phi) is 3.47. The number of methoxy groups -OCH3 is 1.